The molecule has 1 N–H and O–H groups in total. The van der Waals surface area contributed by atoms with Crippen molar-refractivity contribution in [3.63, 3.8) is 0 Å². The van der Waals surface area contributed by atoms with Crippen LogP contribution in [0.2, 0.25) is 0 Å². The van der Waals surface area contributed by atoms with Gasteiger partial charge in [0.2, 0.25) is 11.7 Å². The number of aromatic nitrogens is 6. The summed E-state index contributed by atoms with van der Waals surface area (Å²) in [6, 6.07) is 9.27. The molecule has 5 aromatic rings. The lowest BCUT2D eigenvalue weighted by Crippen LogP contribution is -2.12. The maximum absolute atomic E-state index is 13.3. The van der Waals surface area contributed by atoms with E-state index in [-0.39, 0.29) is 11.8 Å². The minimum absolute atomic E-state index is 0.304. The van der Waals surface area contributed by atoms with Crippen LogP contribution in [0.1, 0.15) is 45.5 Å². The Balaban J connectivity index is 1.30. The highest BCUT2D eigenvalue weighted by Gasteiger charge is 2.43. The second kappa shape index (κ2) is 8.33. The molecule has 0 radical (unpaired) electrons. The molecule has 1 aliphatic rings. The van der Waals surface area contributed by atoms with Crippen LogP contribution in [0.3, 0.4) is 0 Å². The number of aryl methyl sites for hydroxylation is 3. The lowest BCUT2D eigenvalue weighted by atomic mass is 10.1. The third-order valence-electron chi connectivity index (χ3n) is 6.32. The predicted molar refractivity (Wildman–Crippen MR) is 130 cm³/mol. The van der Waals surface area contributed by atoms with Gasteiger partial charge in [-0.1, -0.05) is 17.3 Å². The number of hydrogen-bond donors (Lipinski definition) is 1. The number of rotatable bonds is 5. The summed E-state index contributed by atoms with van der Waals surface area (Å²) in [4.78, 5) is 26.6. The number of halogens is 1. The second-order valence-corrected chi connectivity index (χ2v) is 9.05. The van der Waals surface area contributed by atoms with Crippen molar-refractivity contribution in [1.82, 2.24) is 29.7 Å². The Morgan fingerprint density at radius 3 is 2.72 bits per heavy atom. The van der Waals surface area contributed by atoms with Gasteiger partial charge in [0.15, 0.2) is 0 Å². The van der Waals surface area contributed by atoms with Gasteiger partial charge in [0, 0.05) is 29.2 Å². The average molecular weight is 484 g/mol. The molecule has 1 aliphatic carbocycles. The number of amides is 1. The second-order valence-electron chi connectivity index (χ2n) is 9.05. The van der Waals surface area contributed by atoms with E-state index in [1.165, 1.54) is 6.20 Å². The van der Waals surface area contributed by atoms with Crippen LogP contribution in [-0.2, 0) is 0 Å². The van der Waals surface area contributed by atoms with Gasteiger partial charge in [0.1, 0.15) is 6.17 Å². The number of anilines is 1. The van der Waals surface area contributed by atoms with Crippen LogP contribution < -0.4 is 5.32 Å². The Kier molecular flexibility index (Phi) is 5.10. The van der Waals surface area contributed by atoms with E-state index < -0.39 is 6.17 Å². The van der Waals surface area contributed by atoms with Crippen molar-refractivity contribution in [2.45, 2.75) is 39.3 Å². The summed E-state index contributed by atoms with van der Waals surface area (Å²) >= 11 is 0. The molecule has 0 bridgehead atoms. The van der Waals surface area contributed by atoms with E-state index in [9.17, 15) is 9.18 Å². The number of carbonyl (C=O) groups is 1. The quantitative estimate of drug-likeness (QED) is 0.381. The van der Waals surface area contributed by atoms with E-state index in [4.69, 9.17) is 4.52 Å². The number of hydrogen-bond acceptors (Lipinski definition) is 7. The first kappa shape index (κ1) is 22.0. The highest BCUT2D eigenvalue weighted by molar-refractivity contribution is 6.09. The van der Waals surface area contributed by atoms with Crippen molar-refractivity contribution in [2.75, 3.05) is 5.32 Å². The Morgan fingerprint density at radius 1 is 1.11 bits per heavy atom. The van der Waals surface area contributed by atoms with Crippen molar-refractivity contribution < 1.29 is 13.7 Å². The van der Waals surface area contributed by atoms with Crippen LogP contribution in [0.5, 0.6) is 0 Å². The van der Waals surface area contributed by atoms with Gasteiger partial charge in [-0.15, -0.1) is 0 Å². The number of nitrogens with one attached hydrogen (secondary N) is 1. The molecule has 0 unspecified atom stereocenters. The molecule has 10 heteroatoms. The molecule has 4 aromatic heterocycles. The van der Waals surface area contributed by atoms with Crippen LogP contribution in [-0.4, -0.2) is 41.8 Å². The average Bonchev–Trinajstić information content (AvgIpc) is 3.23. The lowest BCUT2D eigenvalue weighted by Gasteiger charge is -2.10. The van der Waals surface area contributed by atoms with Crippen LogP contribution in [0.15, 0.2) is 53.4 Å². The fourth-order valence-corrected chi connectivity index (χ4v) is 4.19. The third kappa shape index (κ3) is 3.90. The van der Waals surface area contributed by atoms with Crippen LogP contribution in [0, 0.1) is 20.8 Å². The molecule has 180 valence electrons. The first-order valence-corrected chi connectivity index (χ1v) is 11.6. The van der Waals surface area contributed by atoms with Crippen LogP contribution >= 0.6 is 0 Å². The molecular weight excluding hydrogens is 461 g/mol. The fraction of sp³-hybridized carbons (Fsp3) is 0.231. The first-order chi connectivity index (χ1) is 17.4. The van der Waals surface area contributed by atoms with Crippen LogP contribution in [0.4, 0.5) is 10.1 Å². The molecule has 1 amide bonds. The molecule has 6 rings (SSSR count). The zero-order valence-corrected chi connectivity index (χ0v) is 19.9. The predicted octanol–water partition coefficient (Wildman–Crippen LogP) is 4.84. The van der Waals surface area contributed by atoms with Gasteiger partial charge < -0.3 is 9.84 Å². The summed E-state index contributed by atoms with van der Waals surface area (Å²) in [7, 11) is 0. The first-order valence-electron chi connectivity index (χ1n) is 11.6. The summed E-state index contributed by atoms with van der Waals surface area (Å²) in [6.07, 6.45) is 4.55. The third-order valence-corrected chi connectivity index (χ3v) is 6.32. The minimum atomic E-state index is -0.917. The van der Waals surface area contributed by atoms with Gasteiger partial charge >= 0.3 is 0 Å². The molecule has 4 heterocycles. The molecular formula is C26H22FN7O2. The van der Waals surface area contributed by atoms with Crippen LogP contribution in [0.25, 0.3) is 28.2 Å². The van der Waals surface area contributed by atoms with E-state index in [0.717, 1.165) is 28.2 Å². The van der Waals surface area contributed by atoms with E-state index in [1.807, 2.05) is 45.0 Å². The van der Waals surface area contributed by atoms with E-state index >= 15 is 0 Å². The van der Waals surface area contributed by atoms with Gasteiger partial charge in [-0.05, 0) is 51.0 Å². The molecule has 36 heavy (non-hydrogen) atoms. The summed E-state index contributed by atoms with van der Waals surface area (Å²) < 4.78 is 20.2. The van der Waals surface area contributed by atoms with Gasteiger partial charge in [0.25, 0.3) is 5.91 Å². The molecule has 0 spiro atoms. The van der Waals surface area contributed by atoms with Crippen molar-refractivity contribution in [1.29, 1.82) is 0 Å². The summed E-state index contributed by atoms with van der Waals surface area (Å²) in [5.74, 6) is 0.0429. The monoisotopic (exact) mass is 483 g/mol. The topological polar surface area (TPSA) is 111 Å². The van der Waals surface area contributed by atoms with Crippen molar-refractivity contribution in [3.05, 3.63) is 77.3 Å². The highest BCUT2D eigenvalue weighted by Crippen LogP contribution is 2.43. The van der Waals surface area contributed by atoms with Gasteiger partial charge in [0.05, 0.1) is 40.3 Å². The van der Waals surface area contributed by atoms with Gasteiger partial charge in [-0.25, -0.2) is 8.91 Å². The Bertz CT molecular complexity index is 1640. The number of alkyl halides is 1. The smallest absolute Gasteiger partial charge is 0.259 e. The standard InChI is InChI=1S/C26H22FN7O2/c1-13-4-5-17(24-32-26(36-33-24)18-10-20(18)27)8-21(13)31-25(35)19-12-29-34-7-6-16(9-22(19)34)23-15(3)30-14(2)11-28-23/h4-9,11-12,18,20H,10H2,1-3H3,(H,31,35)/t18-,20-/m0/s1. The molecule has 1 aromatic carbocycles. The Hall–Kier alpha value is -4.47. The SMILES string of the molecule is Cc1cnc(-c2ccn3ncc(C(=O)Nc4cc(-c5noc([C@H]6C[C@@H]6F)n5)ccc4C)c3c2)c(C)n1. The normalized spacial score (nSPS) is 16.9. The molecule has 2 atom stereocenters. The van der Waals surface area contributed by atoms with Crippen molar-refractivity contribution >= 4 is 17.1 Å². The molecule has 0 aliphatic heterocycles. The highest BCUT2D eigenvalue weighted by atomic mass is 19.1. The molecule has 1 saturated carbocycles. The number of nitrogens with zero attached hydrogens (tertiary/aromatic N) is 6. The molecule has 1 fully saturated rings. The van der Waals surface area contributed by atoms with Gasteiger partial charge in [-0.3, -0.25) is 14.8 Å². The fourth-order valence-electron chi connectivity index (χ4n) is 4.19. The summed E-state index contributed by atoms with van der Waals surface area (Å²) in [5.41, 5.74) is 6.46. The largest absolute Gasteiger partial charge is 0.339 e. The number of benzene rings is 1. The minimum Gasteiger partial charge on any atom is -0.339 e. The van der Waals surface area contributed by atoms with E-state index in [0.29, 0.717) is 40.5 Å². The van der Waals surface area contributed by atoms with Gasteiger partial charge in [-0.2, -0.15) is 10.1 Å². The van der Waals surface area contributed by atoms with E-state index in [2.05, 4.69) is 30.5 Å². The maximum Gasteiger partial charge on any atom is 0.259 e. The number of carbonyl (C=O) groups excluding carboxylic acids is 1. The Labute approximate surface area is 205 Å². The van der Waals surface area contributed by atoms with Crippen molar-refractivity contribution in [3.8, 4) is 22.6 Å². The summed E-state index contributed by atoms with van der Waals surface area (Å²) in [5, 5.41) is 11.3. The molecule has 0 saturated heterocycles. The Morgan fingerprint density at radius 2 is 1.94 bits per heavy atom. The number of fused-ring (bicyclic) bond motifs is 1. The number of pyridine rings is 1. The summed E-state index contributed by atoms with van der Waals surface area (Å²) in [6.45, 7) is 5.70. The zero-order chi connectivity index (χ0) is 25.0. The lowest BCUT2D eigenvalue weighted by molar-refractivity contribution is 0.102. The molecule has 9 nitrogen and oxygen atoms in total. The zero-order valence-electron chi connectivity index (χ0n) is 19.9. The maximum atomic E-state index is 13.3. The van der Waals surface area contributed by atoms with E-state index in [1.54, 1.807) is 23.0 Å². The van der Waals surface area contributed by atoms with Crippen molar-refractivity contribution in [2.24, 2.45) is 0 Å².